The lowest BCUT2D eigenvalue weighted by Crippen LogP contribution is -2.04. The first-order valence-corrected chi connectivity index (χ1v) is 9.01. The third-order valence-corrected chi connectivity index (χ3v) is 4.68. The Hall–Kier alpha value is -3.61. The molecule has 144 valence electrons. The summed E-state index contributed by atoms with van der Waals surface area (Å²) in [6, 6.07) is 10.2. The second kappa shape index (κ2) is 7.19. The van der Waals surface area contributed by atoms with Crippen LogP contribution >= 0.6 is 0 Å². The van der Waals surface area contributed by atoms with Crippen LogP contribution in [-0.4, -0.2) is 29.4 Å². The molecule has 0 radical (unpaired) electrons. The Balaban J connectivity index is 1.79. The minimum Gasteiger partial charge on any atom is -0.508 e. The molecule has 0 aliphatic rings. The molecular formula is C21H21N3O4. The molecule has 1 aromatic carbocycles. The zero-order valence-electron chi connectivity index (χ0n) is 15.4. The number of hydrogen-bond acceptors (Lipinski definition) is 5. The fraction of sp³-hybridized carbons (Fsp3) is 0.190. The molecule has 4 aromatic rings. The summed E-state index contributed by atoms with van der Waals surface area (Å²) >= 11 is 0. The molecule has 3 aromatic heterocycles. The normalized spacial score (nSPS) is 11.2. The van der Waals surface area contributed by atoms with Crippen molar-refractivity contribution in [2.45, 2.75) is 26.4 Å². The summed E-state index contributed by atoms with van der Waals surface area (Å²) in [5.41, 5.74) is 1.58. The molecule has 0 spiro atoms. The second-order valence-electron chi connectivity index (χ2n) is 6.66. The molecule has 4 rings (SSSR count). The van der Waals surface area contributed by atoms with Crippen molar-refractivity contribution >= 4 is 0 Å². The van der Waals surface area contributed by atoms with Crippen molar-refractivity contribution in [1.29, 1.82) is 0 Å². The number of benzene rings is 1. The number of aryl methyl sites for hydroxylation is 2. The number of nitrogens with zero attached hydrogens (tertiary/aromatic N) is 3. The molecule has 0 atom stereocenters. The maximum absolute atomic E-state index is 10.7. The van der Waals surface area contributed by atoms with E-state index in [0.717, 1.165) is 12.3 Å². The highest BCUT2D eigenvalue weighted by Crippen LogP contribution is 2.47. The van der Waals surface area contributed by atoms with Gasteiger partial charge in [-0.2, -0.15) is 0 Å². The Morgan fingerprint density at radius 2 is 1.93 bits per heavy atom. The van der Waals surface area contributed by atoms with E-state index in [-0.39, 0.29) is 17.4 Å². The van der Waals surface area contributed by atoms with Crippen LogP contribution in [0.5, 0.6) is 17.4 Å². The number of furan rings is 1. The summed E-state index contributed by atoms with van der Waals surface area (Å²) in [7, 11) is 0. The van der Waals surface area contributed by atoms with E-state index in [1.165, 1.54) is 0 Å². The smallest absolute Gasteiger partial charge is 0.235 e. The lowest BCUT2D eigenvalue weighted by Gasteiger charge is -2.11. The van der Waals surface area contributed by atoms with Crippen LogP contribution in [0.25, 0.3) is 22.6 Å². The minimum absolute atomic E-state index is 0.0748. The van der Waals surface area contributed by atoms with Gasteiger partial charge in [-0.1, -0.05) is 12.1 Å². The molecule has 0 fully saturated rings. The summed E-state index contributed by atoms with van der Waals surface area (Å²) < 4.78 is 9.40. The lowest BCUT2D eigenvalue weighted by atomic mass is 10.0. The van der Waals surface area contributed by atoms with E-state index >= 15 is 0 Å². The molecule has 0 aliphatic heterocycles. The summed E-state index contributed by atoms with van der Waals surface area (Å²) in [6.45, 7) is 3.02. The Labute approximate surface area is 161 Å². The first-order chi connectivity index (χ1) is 13.5. The van der Waals surface area contributed by atoms with Crippen molar-refractivity contribution in [1.82, 2.24) is 14.1 Å². The molecular weight excluding hydrogens is 358 g/mol. The van der Waals surface area contributed by atoms with Gasteiger partial charge in [-0.3, -0.25) is 0 Å². The Kier molecular flexibility index (Phi) is 4.57. The van der Waals surface area contributed by atoms with E-state index < -0.39 is 0 Å². The van der Waals surface area contributed by atoms with E-state index in [9.17, 15) is 15.3 Å². The average Bonchev–Trinajstić information content (AvgIpc) is 3.38. The van der Waals surface area contributed by atoms with Crippen LogP contribution < -0.4 is 0 Å². The topological polar surface area (TPSA) is 96.6 Å². The largest absolute Gasteiger partial charge is 0.508 e. The molecule has 0 aliphatic carbocycles. The highest BCUT2D eigenvalue weighted by molar-refractivity contribution is 5.87. The fourth-order valence-corrected chi connectivity index (χ4v) is 3.39. The molecule has 0 saturated carbocycles. The van der Waals surface area contributed by atoms with Gasteiger partial charge in [0.25, 0.3) is 0 Å². The zero-order chi connectivity index (χ0) is 19.7. The number of imidazole rings is 1. The summed E-state index contributed by atoms with van der Waals surface area (Å²) in [4.78, 5) is 4.03. The lowest BCUT2D eigenvalue weighted by molar-refractivity contribution is 0.368. The van der Waals surface area contributed by atoms with Gasteiger partial charge in [-0.15, -0.1) is 0 Å². The van der Waals surface area contributed by atoms with Crippen LogP contribution in [0.4, 0.5) is 0 Å². The zero-order valence-corrected chi connectivity index (χ0v) is 15.4. The average molecular weight is 379 g/mol. The highest BCUT2D eigenvalue weighted by atomic mass is 16.3. The second-order valence-corrected chi connectivity index (χ2v) is 6.66. The van der Waals surface area contributed by atoms with Crippen LogP contribution in [0, 0.1) is 6.92 Å². The van der Waals surface area contributed by atoms with Crippen LogP contribution in [-0.2, 0) is 13.1 Å². The van der Waals surface area contributed by atoms with Crippen LogP contribution in [0.1, 0.15) is 12.2 Å². The van der Waals surface area contributed by atoms with Crippen molar-refractivity contribution in [3.63, 3.8) is 0 Å². The van der Waals surface area contributed by atoms with Crippen molar-refractivity contribution in [3.05, 3.63) is 60.9 Å². The SMILES string of the molecule is Cc1ccc(-c2c(-c3cccc(O)c3)c(O)c(O)n2CCCn2ccnc2)o1. The summed E-state index contributed by atoms with van der Waals surface area (Å²) in [6.07, 6.45) is 6.05. The van der Waals surface area contributed by atoms with E-state index in [4.69, 9.17) is 4.42 Å². The molecule has 0 saturated heterocycles. The van der Waals surface area contributed by atoms with E-state index in [1.807, 2.05) is 29.8 Å². The van der Waals surface area contributed by atoms with Crippen molar-refractivity contribution < 1.29 is 19.7 Å². The maximum Gasteiger partial charge on any atom is 0.235 e. The molecule has 28 heavy (non-hydrogen) atoms. The minimum atomic E-state index is -0.239. The predicted molar refractivity (Wildman–Crippen MR) is 104 cm³/mol. The number of aromatic nitrogens is 3. The molecule has 0 unspecified atom stereocenters. The van der Waals surface area contributed by atoms with Crippen LogP contribution in [0.2, 0.25) is 0 Å². The predicted octanol–water partition coefficient (Wildman–Crippen LogP) is 4.13. The molecule has 0 bridgehead atoms. The molecule has 7 heteroatoms. The van der Waals surface area contributed by atoms with Crippen molar-refractivity contribution in [2.24, 2.45) is 0 Å². The van der Waals surface area contributed by atoms with Gasteiger partial charge in [0.05, 0.1) is 17.6 Å². The monoisotopic (exact) mass is 379 g/mol. The maximum atomic E-state index is 10.7. The number of hydrogen-bond donors (Lipinski definition) is 3. The van der Waals surface area contributed by atoms with Gasteiger partial charge in [-0.25, -0.2) is 4.98 Å². The molecule has 7 nitrogen and oxygen atoms in total. The Bertz CT molecular complexity index is 1090. The van der Waals surface area contributed by atoms with Crippen molar-refractivity contribution in [3.8, 4) is 40.0 Å². The van der Waals surface area contributed by atoms with Gasteiger partial charge in [-0.05, 0) is 43.2 Å². The third kappa shape index (κ3) is 3.22. The molecule has 3 N–H and O–H groups in total. The van der Waals surface area contributed by atoms with Crippen LogP contribution in [0.15, 0.2) is 59.5 Å². The van der Waals surface area contributed by atoms with Gasteiger partial charge in [0.15, 0.2) is 11.5 Å². The first kappa shape index (κ1) is 17.8. The van der Waals surface area contributed by atoms with Gasteiger partial charge >= 0.3 is 0 Å². The number of phenols is 1. The molecule has 0 amide bonds. The highest BCUT2D eigenvalue weighted by Gasteiger charge is 2.26. The summed E-state index contributed by atoms with van der Waals surface area (Å²) in [5, 5.41) is 31.2. The number of aromatic hydroxyl groups is 3. The van der Waals surface area contributed by atoms with Gasteiger partial charge in [0.1, 0.15) is 11.5 Å². The van der Waals surface area contributed by atoms with Gasteiger partial charge in [0.2, 0.25) is 5.88 Å². The van der Waals surface area contributed by atoms with Gasteiger partial charge in [0, 0.05) is 25.5 Å². The number of rotatable bonds is 6. The molecule has 3 heterocycles. The number of phenolic OH excluding ortho intramolecular Hbond substituents is 1. The van der Waals surface area contributed by atoms with Crippen molar-refractivity contribution in [2.75, 3.05) is 0 Å². The van der Waals surface area contributed by atoms with E-state index in [0.29, 0.717) is 35.5 Å². The quantitative estimate of drug-likeness (QED) is 0.468. The van der Waals surface area contributed by atoms with E-state index in [2.05, 4.69) is 4.98 Å². The fourth-order valence-electron chi connectivity index (χ4n) is 3.39. The third-order valence-electron chi connectivity index (χ3n) is 4.68. The first-order valence-electron chi connectivity index (χ1n) is 9.01. The Morgan fingerprint density at radius 1 is 1.07 bits per heavy atom. The standard InChI is InChI=1S/C21H21N3O4/c1-14-6-7-17(28-14)19-18(15-4-2-5-16(25)12-15)20(26)21(27)24(19)10-3-9-23-11-8-22-13-23/h2,4-8,11-13,25-27H,3,9-10H2,1H3. The summed E-state index contributed by atoms with van der Waals surface area (Å²) in [5.74, 6) is 0.868. The van der Waals surface area contributed by atoms with Crippen LogP contribution in [0.3, 0.4) is 0 Å². The van der Waals surface area contributed by atoms with E-state index in [1.54, 1.807) is 41.4 Å². The Morgan fingerprint density at radius 3 is 2.61 bits per heavy atom. The van der Waals surface area contributed by atoms with Gasteiger partial charge < -0.3 is 28.9 Å².